The molecule has 0 saturated carbocycles. The smallest absolute Gasteiger partial charge is 0.162 e. The first-order chi connectivity index (χ1) is 16.8. The zero-order chi connectivity index (χ0) is 26.6. The van der Waals surface area contributed by atoms with E-state index in [-0.39, 0.29) is 60.1 Å². The van der Waals surface area contributed by atoms with Crippen molar-refractivity contribution in [2.45, 2.75) is 45.1 Å². The van der Waals surface area contributed by atoms with Gasteiger partial charge in [0.2, 0.25) is 0 Å². The highest BCUT2D eigenvalue weighted by molar-refractivity contribution is 7.18. The fourth-order valence-electron chi connectivity index (χ4n) is 3.20. The number of piperidine rings is 1. The molecule has 156 valence electrons. The van der Waals surface area contributed by atoms with Gasteiger partial charge < -0.3 is 5.31 Å². The summed E-state index contributed by atoms with van der Waals surface area (Å²) in [5.41, 5.74) is 0.118. The van der Waals surface area contributed by atoms with Crippen LogP contribution in [0.5, 0.6) is 0 Å². The lowest BCUT2D eigenvalue weighted by Crippen LogP contribution is -2.38. The molecule has 1 N–H and O–H groups in total. The maximum atomic E-state index is 13.9. The number of aromatic nitrogens is 2. The topological polar surface area (TPSA) is 64.8 Å². The summed E-state index contributed by atoms with van der Waals surface area (Å²) < 4.78 is 65.2. The number of nitriles is 1. The third-order valence-corrected chi connectivity index (χ3v) is 6.26. The molecular weight excluding hydrogens is 421 g/mol. The predicted octanol–water partition coefficient (Wildman–Crippen LogP) is 5.56. The van der Waals surface area contributed by atoms with Gasteiger partial charge in [0.1, 0.15) is 24.4 Å². The van der Waals surface area contributed by atoms with E-state index in [4.69, 9.17) is 25.1 Å². The van der Waals surface area contributed by atoms with Gasteiger partial charge in [-0.1, -0.05) is 25.4 Å². The van der Waals surface area contributed by atoms with Crippen LogP contribution >= 0.6 is 22.9 Å². The second kappa shape index (κ2) is 8.84. The molecule has 3 heterocycles. The first-order valence-corrected chi connectivity index (χ1v) is 10.6. The summed E-state index contributed by atoms with van der Waals surface area (Å²) in [6.45, 7) is 2.87. The molecule has 0 spiro atoms. The Bertz CT molecular complexity index is 1370. The van der Waals surface area contributed by atoms with Crippen molar-refractivity contribution in [3.05, 3.63) is 51.3 Å². The van der Waals surface area contributed by atoms with Crippen molar-refractivity contribution in [3.63, 3.8) is 0 Å². The number of rotatable bonds is 5. The molecule has 8 heteroatoms. The van der Waals surface area contributed by atoms with Crippen LogP contribution in [0.15, 0.2) is 24.5 Å². The predicted molar refractivity (Wildman–Crippen MR) is 120 cm³/mol. The Morgan fingerprint density at radius 1 is 1.53 bits per heavy atom. The minimum Gasteiger partial charge on any atom is -0.367 e. The average Bonchev–Trinajstić information content (AvgIpc) is 3.16. The molecule has 1 fully saturated rings. The lowest BCUT2D eigenvalue weighted by molar-refractivity contribution is 0.211. The molecule has 1 aliphatic heterocycles. The van der Waals surface area contributed by atoms with Gasteiger partial charge in [0.05, 0.1) is 18.7 Å². The van der Waals surface area contributed by atoms with E-state index < -0.39 is 24.2 Å². The SMILES string of the molecule is [2H]c1nc(N([2H])C2([2H])CCN(C([2H])c3cc(Cl)c(F)c(C#N)c3)CC2)c2c([2H])c(C([2H])(C)C)sc2n1. The normalized spacial score (nSPS) is 20.9. The van der Waals surface area contributed by atoms with Gasteiger partial charge in [0.25, 0.3) is 0 Å². The Kier molecular flexibility index (Phi) is 4.33. The Morgan fingerprint density at radius 2 is 2.30 bits per heavy atom. The number of halogens is 2. The van der Waals surface area contributed by atoms with Crippen molar-refractivity contribution in [3.8, 4) is 6.07 Å². The van der Waals surface area contributed by atoms with E-state index in [0.717, 1.165) is 16.6 Å². The summed E-state index contributed by atoms with van der Waals surface area (Å²) in [7, 11) is 0. The zero-order valence-corrected chi connectivity index (χ0v) is 18.0. The fourth-order valence-corrected chi connectivity index (χ4v) is 4.31. The van der Waals surface area contributed by atoms with Crippen molar-refractivity contribution < 1.29 is 12.7 Å². The largest absolute Gasteiger partial charge is 0.367 e. The van der Waals surface area contributed by atoms with Crippen LogP contribution < -0.4 is 5.31 Å². The van der Waals surface area contributed by atoms with Gasteiger partial charge in [-0.2, -0.15) is 5.26 Å². The lowest BCUT2D eigenvalue weighted by atomic mass is 10.0. The minimum atomic E-state index is -1.45. The van der Waals surface area contributed by atoms with Crippen LogP contribution in [0.4, 0.5) is 10.2 Å². The number of likely N-dealkylation sites (tertiary alicyclic amines) is 1. The van der Waals surface area contributed by atoms with Gasteiger partial charge in [0, 0.05) is 33.2 Å². The number of thiophene rings is 1. The van der Waals surface area contributed by atoms with Crippen LogP contribution in [0.3, 0.4) is 0 Å². The van der Waals surface area contributed by atoms with E-state index in [9.17, 15) is 4.39 Å². The van der Waals surface area contributed by atoms with E-state index in [1.807, 2.05) is 0 Å². The molecule has 1 aliphatic rings. The summed E-state index contributed by atoms with van der Waals surface area (Å²) in [6, 6.07) is 2.93. The second-order valence-electron chi connectivity index (χ2n) is 7.20. The Hall–Kier alpha value is -2.27. The van der Waals surface area contributed by atoms with Crippen LogP contribution in [0.25, 0.3) is 10.2 Å². The molecule has 0 radical (unpaired) electrons. The minimum absolute atomic E-state index is 0.0170. The third-order valence-electron chi connectivity index (χ3n) is 4.78. The summed E-state index contributed by atoms with van der Waals surface area (Å²) in [5, 5.41) is 10.1. The van der Waals surface area contributed by atoms with Gasteiger partial charge >= 0.3 is 0 Å². The van der Waals surface area contributed by atoms with Gasteiger partial charge in [0.15, 0.2) is 7.23 Å². The van der Waals surface area contributed by atoms with Crippen molar-refractivity contribution in [1.82, 2.24) is 14.9 Å². The van der Waals surface area contributed by atoms with Crippen LogP contribution in [0.1, 0.15) is 55.4 Å². The molecule has 0 amide bonds. The Morgan fingerprint density at radius 3 is 3.00 bits per heavy atom. The first kappa shape index (κ1) is 14.7. The summed E-state index contributed by atoms with van der Waals surface area (Å²) >= 11 is 7.01. The monoisotopic (exact) mass is 449 g/mol. The van der Waals surface area contributed by atoms with Crippen LogP contribution in [-0.4, -0.2) is 34.0 Å². The van der Waals surface area contributed by atoms with Gasteiger partial charge in [-0.25, -0.2) is 14.4 Å². The highest BCUT2D eigenvalue weighted by Crippen LogP contribution is 2.33. The number of benzene rings is 1. The molecule has 1 saturated heterocycles. The summed E-state index contributed by atoms with van der Waals surface area (Å²) in [5.74, 6) is -1.92. The number of nitrogens with zero attached hydrogens (tertiary/aromatic N) is 4. The molecule has 1 unspecified atom stereocenters. The van der Waals surface area contributed by atoms with E-state index in [1.165, 1.54) is 12.1 Å². The van der Waals surface area contributed by atoms with Gasteiger partial charge in [-0.05, 0) is 42.5 Å². The molecule has 0 aliphatic carbocycles. The molecule has 3 aromatic rings. The van der Waals surface area contributed by atoms with Crippen molar-refractivity contribution in [2.24, 2.45) is 0 Å². The van der Waals surface area contributed by atoms with E-state index >= 15 is 0 Å². The summed E-state index contributed by atoms with van der Waals surface area (Å²) in [6.07, 6.45) is -0.0306. The maximum absolute atomic E-state index is 13.9. The first-order valence-electron chi connectivity index (χ1n) is 12.4. The Balaban J connectivity index is 1.60. The second-order valence-corrected chi connectivity index (χ2v) is 8.61. The van der Waals surface area contributed by atoms with Crippen molar-refractivity contribution in [1.29, 1.82) is 5.26 Å². The van der Waals surface area contributed by atoms with E-state index in [1.54, 1.807) is 24.8 Å². The van der Waals surface area contributed by atoms with Crippen LogP contribution in [0, 0.1) is 17.1 Å². The van der Waals surface area contributed by atoms with Gasteiger partial charge in [-0.15, -0.1) is 11.3 Å². The van der Waals surface area contributed by atoms with Crippen LogP contribution in [-0.2, 0) is 6.52 Å². The van der Waals surface area contributed by atoms with Gasteiger partial charge in [-0.3, -0.25) is 4.90 Å². The molecule has 5 nitrogen and oxygen atoms in total. The van der Waals surface area contributed by atoms with Crippen molar-refractivity contribution >= 4 is 39.0 Å². The lowest BCUT2D eigenvalue weighted by Gasteiger charge is -2.32. The highest BCUT2D eigenvalue weighted by atomic mass is 35.5. The molecular formula is C22H23ClFN5S. The number of fused-ring (bicyclic) bond motifs is 1. The third kappa shape index (κ3) is 4.41. The molecule has 30 heavy (non-hydrogen) atoms. The van der Waals surface area contributed by atoms with E-state index in [0.29, 0.717) is 15.3 Å². The standard InChI is InChI=1S/C22H23ClFN5S/c1-13(2)19-9-17-21(26-12-27-22(17)30-19)28-16-3-5-29(6-4-16)11-14-7-15(10-25)20(24)18(23)8-14/h7-9,12-13,16H,3-6,11H2,1-2H3,(H,26,27,28)/i9D,11D,12D,13D,16D/hD. The fraction of sp³-hybridized carbons (Fsp3) is 0.409. The number of hydrogen-bond donors (Lipinski definition) is 1. The quantitative estimate of drug-likeness (QED) is 0.552. The zero-order valence-electron chi connectivity index (χ0n) is 22.5. The molecule has 1 atom stereocenters. The molecule has 0 bridgehead atoms. The Labute approximate surface area is 193 Å². The molecule has 4 rings (SSSR count). The van der Waals surface area contributed by atoms with E-state index in [2.05, 4.69) is 9.97 Å². The van der Waals surface area contributed by atoms with Crippen molar-refractivity contribution in [2.75, 3.05) is 18.4 Å². The molecule has 1 aromatic carbocycles. The number of nitrogens with one attached hydrogen (secondary N) is 1. The maximum Gasteiger partial charge on any atom is 0.162 e. The average molecular weight is 450 g/mol. The van der Waals surface area contributed by atoms with Crippen LogP contribution in [0.2, 0.25) is 6.43 Å². The summed E-state index contributed by atoms with van der Waals surface area (Å²) in [4.78, 5) is 10.7. The number of anilines is 1. The molecule has 2 aromatic heterocycles. The number of hydrogen-bond acceptors (Lipinski definition) is 6. The highest BCUT2D eigenvalue weighted by Gasteiger charge is 2.21.